The molecule has 0 heterocycles. The van der Waals surface area contributed by atoms with Gasteiger partial charge < -0.3 is 15.4 Å². The molecule has 0 atom stereocenters. The number of nitrogens with one attached hydrogen (secondary N) is 2. The third-order valence-electron chi connectivity index (χ3n) is 3.51. The van der Waals surface area contributed by atoms with E-state index in [0.717, 1.165) is 25.0 Å². The third kappa shape index (κ3) is 6.17. The summed E-state index contributed by atoms with van der Waals surface area (Å²) in [6, 6.07) is 8.49. The molecule has 1 saturated carbocycles. The van der Waals surface area contributed by atoms with Crippen molar-refractivity contribution in [3.63, 3.8) is 0 Å². The highest BCUT2D eigenvalue weighted by Gasteiger charge is 2.20. The minimum Gasteiger partial charge on any atom is -0.374 e. The van der Waals surface area contributed by atoms with Crippen molar-refractivity contribution in [2.24, 2.45) is 10.9 Å². The first kappa shape index (κ1) is 15.8. The summed E-state index contributed by atoms with van der Waals surface area (Å²) in [6.45, 7) is 6.59. The maximum Gasteiger partial charge on any atom is 0.191 e. The molecular weight excluding hydrogens is 262 g/mol. The van der Waals surface area contributed by atoms with E-state index in [2.05, 4.69) is 53.7 Å². The van der Waals surface area contributed by atoms with Gasteiger partial charge in [-0.2, -0.15) is 0 Å². The van der Waals surface area contributed by atoms with Gasteiger partial charge in [0.25, 0.3) is 0 Å². The molecule has 1 aliphatic carbocycles. The van der Waals surface area contributed by atoms with Crippen LogP contribution in [-0.4, -0.2) is 25.7 Å². The number of benzene rings is 1. The first-order valence-electron chi connectivity index (χ1n) is 7.81. The standard InChI is InChI=1S/C17H27N3O/c1-13(2)21-12-16-6-4-5-15(9-16)11-20-17(18-3)19-10-14-7-8-14/h4-6,9,13-14H,7-8,10-12H2,1-3H3,(H2,18,19,20). The molecule has 2 N–H and O–H groups in total. The molecule has 0 saturated heterocycles. The van der Waals surface area contributed by atoms with Crippen molar-refractivity contribution in [3.8, 4) is 0 Å². The summed E-state index contributed by atoms with van der Waals surface area (Å²) in [5.74, 6) is 1.73. The van der Waals surface area contributed by atoms with Crippen LogP contribution in [0.15, 0.2) is 29.3 Å². The Hall–Kier alpha value is -1.55. The fourth-order valence-electron chi connectivity index (χ4n) is 2.06. The topological polar surface area (TPSA) is 45.7 Å². The van der Waals surface area contributed by atoms with Gasteiger partial charge in [-0.1, -0.05) is 24.3 Å². The lowest BCUT2D eigenvalue weighted by molar-refractivity contribution is 0.0657. The first-order chi connectivity index (χ1) is 10.2. The number of nitrogens with zero attached hydrogens (tertiary/aromatic N) is 1. The Morgan fingerprint density at radius 2 is 2.05 bits per heavy atom. The predicted molar refractivity (Wildman–Crippen MR) is 87.3 cm³/mol. The largest absolute Gasteiger partial charge is 0.374 e. The summed E-state index contributed by atoms with van der Waals surface area (Å²) in [6.07, 6.45) is 2.96. The van der Waals surface area contributed by atoms with Crippen LogP contribution < -0.4 is 10.6 Å². The molecule has 0 spiro atoms. The molecular formula is C17H27N3O. The van der Waals surface area contributed by atoms with Crippen molar-refractivity contribution in [2.75, 3.05) is 13.6 Å². The summed E-state index contributed by atoms with van der Waals surface area (Å²) in [4.78, 5) is 4.25. The normalized spacial score (nSPS) is 15.3. The van der Waals surface area contributed by atoms with Gasteiger partial charge in [-0.25, -0.2) is 0 Å². The molecule has 0 amide bonds. The molecule has 0 aliphatic heterocycles. The van der Waals surface area contributed by atoms with Gasteiger partial charge in [-0.3, -0.25) is 4.99 Å². The van der Waals surface area contributed by atoms with Crippen LogP contribution in [0.5, 0.6) is 0 Å². The second kappa shape index (κ2) is 8.03. The van der Waals surface area contributed by atoms with E-state index < -0.39 is 0 Å². The minimum absolute atomic E-state index is 0.261. The SMILES string of the molecule is CN=C(NCc1cccc(COC(C)C)c1)NCC1CC1. The quantitative estimate of drug-likeness (QED) is 0.599. The Kier molecular flexibility index (Phi) is 6.05. The molecule has 21 heavy (non-hydrogen) atoms. The highest BCUT2D eigenvalue weighted by molar-refractivity contribution is 5.79. The van der Waals surface area contributed by atoms with Crippen molar-refractivity contribution in [1.82, 2.24) is 10.6 Å². The Morgan fingerprint density at radius 3 is 2.71 bits per heavy atom. The summed E-state index contributed by atoms with van der Waals surface area (Å²) >= 11 is 0. The maximum absolute atomic E-state index is 5.65. The molecule has 4 heteroatoms. The average Bonchev–Trinajstić information content (AvgIpc) is 3.30. The third-order valence-corrected chi connectivity index (χ3v) is 3.51. The molecule has 4 nitrogen and oxygen atoms in total. The van der Waals surface area contributed by atoms with Crippen molar-refractivity contribution in [2.45, 2.75) is 45.9 Å². The molecule has 0 unspecified atom stereocenters. The summed E-state index contributed by atoms with van der Waals surface area (Å²) in [5.41, 5.74) is 2.46. The lowest BCUT2D eigenvalue weighted by Gasteiger charge is -2.12. The van der Waals surface area contributed by atoms with Gasteiger partial charge in [0.1, 0.15) is 0 Å². The summed E-state index contributed by atoms with van der Waals surface area (Å²) in [5, 5.41) is 6.73. The van der Waals surface area contributed by atoms with Crippen LogP contribution in [-0.2, 0) is 17.9 Å². The van der Waals surface area contributed by atoms with E-state index in [4.69, 9.17) is 4.74 Å². The molecule has 0 aromatic heterocycles. The Labute approximate surface area is 128 Å². The fraction of sp³-hybridized carbons (Fsp3) is 0.588. The first-order valence-corrected chi connectivity index (χ1v) is 7.81. The van der Waals surface area contributed by atoms with Crippen LogP contribution in [0.1, 0.15) is 37.8 Å². The molecule has 1 aliphatic rings. The molecule has 116 valence electrons. The highest BCUT2D eigenvalue weighted by Crippen LogP contribution is 2.27. The van der Waals surface area contributed by atoms with Crippen molar-refractivity contribution in [1.29, 1.82) is 0 Å². The van der Waals surface area contributed by atoms with Crippen LogP contribution in [0, 0.1) is 5.92 Å². The second-order valence-electron chi connectivity index (χ2n) is 5.93. The molecule has 0 radical (unpaired) electrons. The van der Waals surface area contributed by atoms with Crippen LogP contribution >= 0.6 is 0 Å². The van der Waals surface area contributed by atoms with Gasteiger partial charge in [0.2, 0.25) is 0 Å². The molecule has 1 aromatic rings. The van der Waals surface area contributed by atoms with Crippen LogP contribution in [0.3, 0.4) is 0 Å². The van der Waals surface area contributed by atoms with E-state index in [1.807, 2.05) is 7.05 Å². The van der Waals surface area contributed by atoms with E-state index in [0.29, 0.717) is 6.61 Å². The average molecular weight is 289 g/mol. The number of hydrogen-bond donors (Lipinski definition) is 2. The van der Waals surface area contributed by atoms with Crippen molar-refractivity contribution >= 4 is 5.96 Å². The fourth-order valence-corrected chi connectivity index (χ4v) is 2.06. The van der Waals surface area contributed by atoms with Gasteiger partial charge in [0.05, 0.1) is 12.7 Å². The minimum atomic E-state index is 0.261. The number of hydrogen-bond acceptors (Lipinski definition) is 2. The highest BCUT2D eigenvalue weighted by atomic mass is 16.5. The van der Waals surface area contributed by atoms with E-state index in [-0.39, 0.29) is 6.10 Å². The molecule has 1 fully saturated rings. The molecule has 1 aromatic carbocycles. The lowest BCUT2D eigenvalue weighted by atomic mass is 10.1. The summed E-state index contributed by atoms with van der Waals surface area (Å²) in [7, 11) is 1.81. The smallest absolute Gasteiger partial charge is 0.191 e. The van der Waals surface area contributed by atoms with Crippen molar-refractivity contribution < 1.29 is 4.74 Å². The number of guanidine groups is 1. The van der Waals surface area contributed by atoms with Crippen LogP contribution in [0.2, 0.25) is 0 Å². The maximum atomic E-state index is 5.65. The van der Waals surface area contributed by atoms with Crippen LogP contribution in [0.25, 0.3) is 0 Å². The van der Waals surface area contributed by atoms with Gasteiger partial charge in [0.15, 0.2) is 5.96 Å². The molecule has 0 bridgehead atoms. The molecule has 2 rings (SSSR count). The lowest BCUT2D eigenvalue weighted by Crippen LogP contribution is -2.37. The van der Waals surface area contributed by atoms with Crippen molar-refractivity contribution in [3.05, 3.63) is 35.4 Å². The Bertz CT molecular complexity index is 467. The Balaban J connectivity index is 1.79. The zero-order valence-electron chi connectivity index (χ0n) is 13.4. The number of aliphatic imine (C=N–C) groups is 1. The number of rotatable bonds is 7. The van der Waals surface area contributed by atoms with E-state index in [9.17, 15) is 0 Å². The predicted octanol–water partition coefficient (Wildman–Crippen LogP) is 2.69. The van der Waals surface area contributed by atoms with Gasteiger partial charge in [-0.05, 0) is 43.7 Å². The Morgan fingerprint density at radius 1 is 1.29 bits per heavy atom. The van der Waals surface area contributed by atoms with Gasteiger partial charge in [-0.15, -0.1) is 0 Å². The number of ether oxygens (including phenoxy) is 1. The van der Waals surface area contributed by atoms with Gasteiger partial charge in [0, 0.05) is 20.1 Å². The van der Waals surface area contributed by atoms with E-state index in [1.54, 1.807) is 0 Å². The summed E-state index contributed by atoms with van der Waals surface area (Å²) < 4.78 is 5.65. The zero-order valence-corrected chi connectivity index (χ0v) is 13.4. The van der Waals surface area contributed by atoms with E-state index >= 15 is 0 Å². The second-order valence-corrected chi connectivity index (χ2v) is 5.93. The van der Waals surface area contributed by atoms with Gasteiger partial charge >= 0.3 is 0 Å². The monoisotopic (exact) mass is 289 g/mol. The van der Waals surface area contributed by atoms with E-state index in [1.165, 1.54) is 24.0 Å². The zero-order chi connectivity index (χ0) is 15.1. The van der Waals surface area contributed by atoms with Crippen LogP contribution in [0.4, 0.5) is 0 Å².